The zero-order chi connectivity index (χ0) is 16.2. The lowest BCUT2D eigenvalue weighted by Gasteiger charge is -2.09. The van der Waals surface area contributed by atoms with Crippen molar-refractivity contribution >= 4 is 11.6 Å². The van der Waals surface area contributed by atoms with Gasteiger partial charge >= 0.3 is 0 Å². The summed E-state index contributed by atoms with van der Waals surface area (Å²) in [5.74, 6) is -0.230. The number of aliphatic hydroxyl groups excluding tert-OH is 1. The van der Waals surface area contributed by atoms with E-state index in [1.54, 1.807) is 10.7 Å². The lowest BCUT2D eigenvalue weighted by molar-refractivity contribution is 0.0943. The number of benzene rings is 1. The fourth-order valence-electron chi connectivity index (χ4n) is 2.31. The molecule has 0 saturated carbocycles. The van der Waals surface area contributed by atoms with Crippen LogP contribution < -0.4 is 5.32 Å². The summed E-state index contributed by atoms with van der Waals surface area (Å²) < 4.78 is 1.67. The minimum atomic E-state index is -0.238. The molecular formula is C17H18N4O2. The van der Waals surface area contributed by atoms with Gasteiger partial charge in [-0.25, -0.2) is 9.50 Å². The first-order chi connectivity index (χ1) is 11.2. The average Bonchev–Trinajstić information content (AvgIpc) is 3.04. The monoisotopic (exact) mass is 310 g/mol. The van der Waals surface area contributed by atoms with Gasteiger partial charge in [-0.2, -0.15) is 5.10 Å². The summed E-state index contributed by atoms with van der Waals surface area (Å²) in [4.78, 5) is 16.6. The maximum Gasteiger partial charge on any atom is 0.256 e. The topological polar surface area (TPSA) is 79.5 Å². The van der Waals surface area contributed by atoms with E-state index in [0.29, 0.717) is 17.8 Å². The molecule has 0 saturated heterocycles. The third-order valence-electron chi connectivity index (χ3n) is 3.64. The Balaban J connectivity index is 1.94. The molecule has 1 amide bonds. The highest BCUT2D eigenvalue weighted by molar-refractivity contribution is 5.99. The van der Waals surface area contributed by atoms with Crippen molar-refractivity contribution in [2.45, 2.75) is 6.92 Å². The molecule has 0 aliphatic heterocycles. The highest BCUT2D eigenvalue weighted by Gasteiger charge is 2.16. The van der Waals surface area contributed by atoms with Crippen molar-refractivity contribution in [3.8, 4) is 11.3 Å². The van der Waals surface area contributed by atoms with E-state index < -0.39 is 0 Å². The molecule has 3 rings (SSSR count). The smallest absolute Gasteiger partial charge is 0.256 e. The number of fused-ring (bicyclic) bond motifs is 1. The van der Waals surface area contributed by atoms with E-state index in [4.69, 9.17) is 5.11 Å². The predicted octanol–water partition coefficient (Wildman–Crippen LogP) is 1.75. The van der Waals surface area contributed by atoms with Gasteiger partial charge in [-0.3, -0.25) is 4.79 Å². The van der Waals surface area contributed by atoms with Crippen LogP contribution in [-0.2, 0) is 0 Å². The first kappa shape index (κ1) is 15.2. The Morgan fingerprint density at radius 1 is 1.30 bits per heavy atom. The van der Waals surface area contributed by atoms with Gasteiger partial charge in [0.05, 0.1) is 11.9 Å². The minimum absolute atomic E-state index is 0.00799. The Labute approximate surface area is 133 Å². The van der Waals surface area contributed by atoms with E-state index in [9.17, 15) is 4.79 Å². The molecule has 3 aromatic rings. The second-order valence-corrected chi connectivity index (χ2v) is 5.49. The van der Waals surface area contributed by atoms with Gasteiger partial charge in [0.2, 0.25) is 0 Å². The largest absolute Gasteiger partial charge is 0.396 e. The molecule has 6 heteroatoms. The first-order valence-corrected chi connectivity index (χ1v) is 7.48. The number of aromatic nitrogens is 3. The molecule has 0 bridgehead atoms. The normalized spacial score (nSPS) is 12.3. The Morgan fingerprint density at radius 3 is 2.83 bits per heavy atom. The van der Waals surface area contributed by atoms with E-state index in [0.717, 1.165) is 11.3 Å². The molecular weight excluding hydrogens is 292 g/mol. The second-order valence-electron chi connectivity index (χ2n) is 5.49. The number of nitrogens with one attached hydrogen (secondary N) is 1. The first-order valence-electron chi connectivity index (χ1n) is 7.48. The molecule has 0 spiro atoms. The molecule has 23 heavy (non-hydrogen) atoms. The zero-order valence-electron chi connectivity index (χ0n) is 12.8. The van der Waals surface area contributed by atoms with Crippen molar-refractivity contribution in [2.75, 3.05) is 13.2 Å². The summed E-state index contributed by atoms with van der Waals surface area (Å²) >= 11 is 0. The summed E-state index contributed by atoms with van der Waals surface area (Å²) in [7, 11) is 0. The number of aliphatic hydroxyl groups is 1. The number of carbonyl (C=O) groups is 1. The van der Waals surface area contributed by atoms with Gasteiger partial charge in [0.15, 0.2) is 5.65 Å². The van der Waals surface area contributed by atoms with Crippen LogP contribution in [0.5, 0.6) is 0 Å². The molecule has 118 valence electrons. The molecule has 1 unspecified atom stereocenters. The standard InChI is InChI=1S/C17H18N4O2/c1-12(11-22)9-19-17(23)14-10-20-21-15(7-8-18-16(14)21)13-5-3-2-4-6-13/h2-8,10,12,22H,9,11H2,1H3,(H,19,23). The zero-order valence-corrected chi connectivity index (χ0v) is 12.8. The third-order valence-corrected chi connectivity index (χ3v) is 3.64. The average molecular weight is 310 g/mol. The molecule has 1 atom stereocenters. The van der Waals surface area contributed by atoms with Crippen molar-refractivity contribution in [2.24, 2.45) is 5.92 Å². The van der Waals surface area contributed by atoms with Gasteiger partial charge in [0.25, 0.3) is 5.91 Å². The van der Waals surface area contributed by atoms with Crippen LogP contribution in [0.4, 0.5) is 0 Å². The second kappa shape index (κ2) is 6.58. The fraction of sp³-hybridized carbons (Fsp3) is 0.235. The van der Waals surface area contributed by atoms with Gasteiger partial charge in [0, 0.05) is 24.9 Å². The quantitative estimate of drug-likeness (QED) is 0.752. The molecule has 0 radical (unpaired) electrons. The highest BCUT2D eigenvalue weighted by atomic mass is 16.3. The minimum Gasteiger partial charge on any atom is -0.396 e. The van der Waals surface area contributed by atoms with Crippen LogP contribution in [0.1, 0.15) is 17.3 Å². The summed E-state index contributed by atoms with van der Waals surface area (Å²) in [6, 6.07) is 11.7. The van der Waals surface area contributed by atoms with Crippen LogP contribution in [-0.4, -0.2) is 38.8 Å². The molecule has 6 nitrogen and oxygen atoms in total. The SMILES string of the molecule is CC(CO)CNC(=O)c1cnn2c(-c3ccccc3)ccnc12. The van der Waals surface area contributed by atoms with E-state index in [1.165, 1.54) is 6.20 Å². The van der Waals surface area contributed by atoms with Crippen LogP contribution >= 0.6 is 0 Å². The molecule has 2 N–H and O–H groups in total. The van der Waals surface area contributed by atoms with E-state index in [-0.39, 0.29) is 18.4 Å². The summed E-state index contributed by atoms with van der Waals surface area (Å²) in [6.07, 6.45) is 3.19. The van der Waals surface area contributed by atoms with Gasteiger partial charge in [-0.15, -0.1) is 0 Å². The van der Waals surface area contributed by atoms with Gasteiger partial charge in [-0.1, -0.05) is 37.3 Å². The predicted molar refractivity (Wildman–Crippen MR) is 87.0 cm³/mol. The molecule has 0 fully saturated rings. The highest BCUT2D eigenvalue weighted by Crippen LogP contribution is 2.20. The van der Waals surface area contributed by atoms with Gasteiger partial charge in [-0.05, 0) is 12.0 Å². The number of hydrogen-bond donors (Lipinski definition) is 2. The Bertz CT molecular complexity index is 814. The Kier molecular flexibility index (Phi) is 4.34. The van der Waals surface area contributed by atoms with Crippen molar-refractivity contribution < 1.29 is 9.90 Å². The lowest BCUT2D eigenvalue weighted by Crippen LogP contribution is -2.29. The van der Waals surface area contributed by atoms with Crippen LogP contribution in [0, 0.1) is 5.92 Å². The van der Waals surface area contributed by atoms with Gasteiger partial charge < -0.3 is 10.4 Å². The number of carbonyl (C=O) groups excluding carboxylic acids is 1. The third kappa shape index (κ3) is 3.07. The van der Waals surface area contributed by atoms with Crippen molar-refractivity contribution in [1.82, 2.24) is 19.9 Å². The Hall–Kier alpha value is -2.73. The summed E-state index contributed by atoms with van der Waals surface area (Å²) in [6.45, 7) is 2.30. The Morgan fingerprint density at radius 2 is 2.09 bits per heavy atom. The van der Waals surface area contributed by atoms with Crippen molar-refractivity contribution in [3.63, 3.8) is 0 Å². The maximum absolute atomic E-state index is 12.3. The van der Waals surface area contributed by atoms with Crippen LogP contribution in [0.25, 0.3) is 16.9 Å². The number of rotatable bonds is 5. The van der Waals surface area contributed by atoms with E-state index in [2.05, 4.69) is 15.4 Å². The number of amides is 1. The van der Waals surface area contributed by atoms with Crippen molar-refractivity contribution in [3.05, 3.63) is 54.4 Å². The van der Waals surface area contributed by atoms with E-state index in [1.807, 2.05) is 43.3 Å². The molecule has 1 aromatic carbocycles. The molecule has 0 aliphatic rings. The van der Waals surface area contributed by atoms with Crippen LogP contribution in [0.15, 0.2) is 48.8 Å². The molecule has 2 heterocycles. The summed E-state index contributed by atoms with van der Waals surface area (Å²) in [5.41, 5.74) is 2.82. The van der Waals surface area contributed by atoms with Crippen LogP contribution in [0.2, 0.25) is 0 Å². The fourth-order valence-corrected chi connectivity index (χ4v) is 2.31. The summed E-state index contributed by atoms with van der Waals surface area (Å²) in [5, 5.41) is 16.1. The maximum atomic E-state index is 12.3. The number of nitrogens with zero attached hydrogens (tertiary/aromatic N) is 3. The molecule has 2 aromatic heterocycles. The van der Waals surface area contributed by atoms with E-state index >= 15 is 0 Å². The van der Waals surface area contributed by atoms with Crippen LogP contribution in [0.3, 0.4) is 0 Å². The number of hydrogen-bond acceptors (Lipinski definition) is 4. The van der Waals surface area contributed by atoms with Crippen molar-refractivity contribution in [1.29, 1.82) is 0 Å². The molecule has 0 aliphatic carbocycles. The lowest BCUT2D eigenvalue weighted by atomic mass is 10.1. The van der Waals surface area contributed by atoms with Gasteiger partial charge in [0.1, 0.15) is 5.56 Å².